The van der Waals surface area contributed by atoms with E-state index in [1.165, 1.54) is 28.7 Å². The summed E-state index contributed by atoms with van der Waals surface area (Å²) in [5.41, 5.74) is 4.12. The van der Waals surface area contributed by atoms with E-state index < -0.39 is 0 Å². The number of hydrogen-bond acceptors (Lipinski definition) is 7. The lowest BCUT2D eigenvalue weighted by atomic mass is 10.2. The van der Waals surface area contributed by atoms with Gasteiger partial charge in [-0.05, 0) is 38.3 Å². The number of thioether (sulfide) groups is 1. The maximum absolute atomic E-state index is 12.8. The number of rotatable bonds is 9. The Morgan fingerprint density at radius 1 is 1.30 bits per heavy atom. The molecule has 8 heteroatoms. The largest absolute Gasteiger partial charge is 0.376 e. The number of ether oxygens (including phenoxy) is 1. The first-order chi connectivity index (χ1) is 14.6. The molecular weight excluding hydrogens is 416 g/mol. The Bertz CT molecular complexity index is 994. The molecule has 30 heavy (non-hydrogen) atoms. The number of hydrogen-bond donors (Lipinski definition) is 1. The molecule has 3 heterocycles. The summed E-state index contributed by atoms with van der Waals surface area (Å²) in [6.07, 6.45) is 2.47. The van der Waals surface area contributed by atoms with Crippen molar-refractivity contribution in [3.05, 3.63) is 58.9 Å². The highest BCUT2D eigenvalue weighted by atomic mass is 32.2. The molecule has 158 valence electrons. The number of anilines is 1. The summed E-state index contributed by atoms with van der Waals surface area (Å²) in [6.45, 7) is 6.45. The van der Waals surface area contributed by atoms with E-state index in [0.29, 0.717) is 12.3 Å². The lowest BCUT2D eigenvalue weighted by Crippen LogP contribution is -2.17. The van der Waals surface area contributed by atoms with E-state index in [2.05, 4.69) is 39.1 Å². The van der Waals surface area contributed by atoms with E-state index in [1.807, 2.05) is 31.2 Å². The number of ketones is 1. The second-order valence-corrected chi connectivity index (χ2v) is 9.65. The summed E-state index contributed by atoms with van der Waals surface area (Å²) in [6, 6.07) is 12.2. The van der Waals surface area contributed by atoms with Crippen molar-refractivity contribution < 1.29 is 9.53 Å². The molecule has 0 saturated carbocycles. The van der Waals surface area contributed by atoms with Crippen LogP contribution in [0.1, 0.15) is 40.2 Å². The maximum atomic E-state index is 12.8. The topological polar surface area (TPSA) is 69.0 Å². The molecular formula is C22H26N4O2S2. The Labute approximate surface area is 185 Å². The van der Waals surface area contributed by atoms with Crippen molar-refractivity contribution in [1.82, 2.24) is 14.8 Å². The maximum Gasteiger partial charge on any atom is 0.206 e. The van der Waals surface area contributed by atoms with Crippen molar-refractivity contribution in [2.24, 2.45) is 0 Å². The molecule has 1 aliphatic rings. The van der Waals surface area contributed by atoms with Crippen LogP contribution in [0, 0.1) is 13.8 Å². The van der Waals surface area contributed by atoms with Gasteiger partial charge >= 0.3 is 0 Å². The molecule has 1 aromatic carbocycles. The number of benzene rings is 1. The van der Waals surface area contributed by atoms with E-state index in [9.17, 15) is 4.79 Å². The number of Topliss-reactive ketones (excluding diaryl/α,β-unsaturated/α-hetero) is 1. The van der Waals surface area contributed by atoms with Crippen molar-refractivity contribution in [3.8, 4) is 0 Å². The zero-order valence-electron chi connectivity index (χ0n) is 17.3. The van der Waals surface area contributed by atoms with Gasteiger partial charge in [0, 0.05) is 36.6 Å². The minimum absolute atomic E-state index is 0.126. The van der Waals surface area contributed by atoms with Gasteiger partial charge in [-0.15, -0.1) is 10.2 Å². The van der Waals surface area contributed by atoms with Gasteiger partial charge < -0.3 is 14.6 Å². The molecule has 0 bridgehead atoms. The number of nitrogens with one attached hydrogen (secondary N) is 1. The minimum Gasteiger partial charge on any atom is -0.376 e. The molecule has 0 aliphatic carbocycles. The summed E-state index contributed by atoms with van der Waals surface area (Å²) in [5.74, 6) is 0.484. The standard InChI is InChI=1S/C22H26N4O2S2/c1-15-11-19(16(2)26(15)13-18-9-6-10-28-18)20(27)14-29-22-25-24-21(30-22)23-12-17-7-4-3-5-8-17/h3-5,7-8,11,18H,6,9-10,12-14H2,1-2H3,(H,23,24). The van der Waals surface area contributed by atoms with E-state index in [-0.39, 0.29) is 11.9 Å². The molecule has 6 nitrogen and oxygen atoms in total. The number of nitrogens with zero attached hydrogens (tertiary/aromatic N) is 3. The molecule has 1 unspecified atom stereocenters. The van der Waals surface area contributed by atoms with Gasteiger partial charge in [0.2, 0.25) is 5.13 Å². The lowest BCUT2D eigenvalue weighted by molar-refractivity contribution is 0.0957. The smallest absolute Gasteiger partial charge is 0.206 e. The summed E-state index contributed by atoms with van der Waals surface area (Å²) < 4.78 is 8.77. The third-order valence-corrected chi connectivity index (χ3v) is 7.32. The van der Waals surface area contributed by atoms with Crippen molar-refractivity contribution in [2.75, 3.05) is 17.7 Å². The molecule has 3 aromatic rings. The highest BCUT2D eigenvalue weighted by Gasteiger charge is 2.21. The van der Waals surface area contributed by atoms with E-state index in [1.54, 1.807) is 0 Å². The molecule has 1 N–H and O–H groups in total. The molecule has 0 radical (unpaired) electrons. The number of carbonyl (C=O) groups excluding carboxylic acids is 1. The van der Waals surface area contributed by atoms with Crippen LogP contribution in [0.25, 0.3) is 0 Å². The highest BCUT2D eigenvalue weighted by Crippen LogP contribution is 2.28. The van der Waals surface area contributed by atoms with Crippen LogP contribution >= 0.6 is 23.1 Å². The van der Waals surface area contributed by atoms with Crippen LogP contribution in [0.4, 0.5) is 5.13 Å². The molecule has 1 atom stereocenters. The Hall–Kier alpha value is -2.16. The Morgan fingerprint density at radius 3 is 2.90 bits per heavy atom. The SMILES string of the molecule is Cc1cc(C(=O)CSc2nnc(NCc3ccccc3)s2)c(C)n1CC1CCCO1. The van der Waals surface area contributed by atoms with Gasteiger partial charge in [-0.2, -0.15) is 0 Å². The second kappa shape index (κ2) is 9.76. The van der Waals surface area contributed by atoms with Gasteiger partial charge in [0.15, 0.2) is 10.1 Å². The zero-order valence-corrected chi connectivity index (χ0v) is 18.9. The van der Waals surface area contributed by atoms with E-state index in [4.69, 9.17) is 4.74 Å². The number of aromatic nitrogens is 3. The second-order valence-electron chi connectivity index (χ2n) is 7.45. The van der Waals surface area contributed by atoms with Gasteiger partial charge in [0.25, 0.3) is 0 Å². The molecule has 0 spiro atoms. The van der Waals surface area contributed by atoms with E-state index in [0.717, 1.165) is 52.4 Å². The van der Waals surface area contributed by atoms with E-state index >= 15 is 0 Å². The van der Waals surface area contributed by atoms with Crippen LogP contribution in [0.5, 0.6) is 0 Å². The Morgan fingerprint density at radius 2 is 2.13 bits per heavy atom. The van der Waals surface area contributed by atoms with Crippen molar-refractivity contribution in [2.45, 2.75) is 50.2 Å². The lowest BCUT2D eigenvalue weighted by Gasteiger charge is -2.14. The Kier molecular flexibility index (Phi) is 6.86. The zero-order chi connectivity index (χ0) is 20.9. The fourth-order valence-corrected chi connectivity index (χ4v) is 5.31. The molecule has 0 amide bonds. The minimum atomic E-state index is 0.126. The molecule has 1 fully saturated rings. The van der Waals surface area contributed by atoms with Gasteiger partial charge in [-0.25, -0.2) is 0 Å². The van der Waals surface area contributed by atoms with Crippen LogP contribution in [-0.4, -0.2) is 39.0 Å². The van der Waals surface area contributed by atoms with Gasteiger partial charge in [-0.1, -0.05) is 53.4 Å². The number of aryl methyl sites for hydroxylation is 1. The predicted octanol–water partition coefficient (Wildman–Crippen LogP) is 4.72. The van der Waals surface area contributed by atoms with Crippen LogP contribution < -0.4 is 5.32 Å². The summed E-state index contributed by atoms with van der Waals surface area (Å²) in [4.78, 5) is 12.8. The molecule has 1 aliphatic heterocycles. The van der Waals surface area contributed by atoms with Crippen LogP contribution in [0.3, 0.4) is 0 Å². The summed E-state index contributed by atoms with van der Waals surface area (Å²) >= 11 is 2.92. The first kappa shape index (κ1) is 21.1. The normalized spacial score (nSPS) is 16.1. The quantitative estimate of drug-likeness (QED) is 0.382. The van der Waals surface area contributed by atoms with Crippen LogP contribution in [0.2, 0.25) is 0 Å². The fraction of sp³-hybridized carbons (Fsp3) is 0.409. The molecule has 4 rings (SSSR count). The van der Waals surface area contributed by atoms with Gasteiger partial charge in [-0.3, -0.25) is 4.79 Å². The number of carbonyl (C=O) groups is 1. The average molecular weight is 443 g/mol. The van der Waals surface area contributed by atoms with Gasteiger partial charge in [0.1, 0.15) is 0 Å². The fourth-order valence-electron chi connectivity index (χ4n) is 3.67. The van der Waals surface area contributed by atoms with Crippen LogP contribution in [-0.2, 0) is 17.8 Å². The Balaban J connectivity index is 1.32. The van der Waals surface area contributed by atoms with Crippen molar-refractivity contribution in [3.63, 3.8) is 0 Å². The third kappa shape index (κ3) is 5.11. The summed E-state index contributed by atoms with van der Waals surface area (Å²) in [7, 11) is 0. The van der Waals surface area contributed by atoms with Crippen molar-refractivity contribution in [1.29, 1.82) is 0 Å². The first-order valence-corrected chi connectivity index (χ1v) is 12.0. The summed E-state index contributed by atoms with van der Waals surface area (Å²) in [5, 5.41) is 12.4. The monoisotopic (exact) mass is 442 g/mol. The molecule has 2 aromatic heterocycles. The molecule has 1 saturated heterocycles. The third-order valence-electron chi connectivity index (χ3n) is 5.30. The highest BCUT2D eigenvalue weighted by molar-refractivity contribution is 8.01. The van der Waals surface area contributed by atoms with Crippen LogP contribution in [0.15, 0.2) is 40.7 Å². The van der Waals surface area contributed by atoms with Gasteiger partial charge in [0.05, 0.1) is 11.9 Å². The first-order valence-electron chi connectivity index (χ1n) is 10.2. The van der Waals surface area contributed by atoms with Crippen molar-refractivity contribution >= 4 is 34.0 Å². The average Bonchev–Trinajstić information content (AvgIpc) is 3.49. The predicted molar refractivity (Wildman–Crippen MR) is 122 cm³/mol.